The van der Waals surface area contributed by atoms with Crippen LogP contribution in [0.3, 0.4) is 0 Å². The Kier molecular flexibility index (Phi) is 6.54. The van der Waals surface area contributed by atoms with Crippen molar-refractivity contribution in [2.75, 3.05) is 0 Å². The second kappa shape index (κ2) is 11.3. The van der Waals surface area contributed by atoms with Crippen LogP contribution in [0.1, 0.15) is 0 Å². The van der Waals surface area contributed by atoms with Crippen LogP contribution in [-0.2, 0) is 0 Å². The van der Waals surface area contributed by atoms with Crippen LogP contribution in [-0.4, -0.2) is 4.57 Å². The standard InChI is InChI=1S/C46H31N/c1-3-9-32(10-4-1)35-15-19-37(20-16-35)40-24-27-45-43(30-40)44-31-41(38-21-17-36(18-22-38)33-11-5-2-6-12-33)25-28-46(44)47(45)42-26-23-34-13-7-8-14-39(34)29-42/h1-31H. The van der Waals surface area contributed by atoms with Crippen LogP contribution in [0.2, 0.25) is 0 Å². The van der Waals surface area contributed by atoms with Gasteiger partial charge in [-0.15, -0.1) is 0 Å². The van der Waals surface area contributed by atoms with Crippen molar-refractivity contribution in [3.8, 4) is 50.2 Å². The molecule has 0 unspecified atom stereocenters. The van der Waals surface area contributed by atoms with E-state index >= 15 is 0 Å². The van der Waals surface area contributed by atoms with E-state index in [9.17, 15) is 0 Å². The molecule has 0 bridgehead atoms. The van der Waals surface area contributed by atoms with Crippen molar-refractivity contribution in [1.29, 1.82) is 0 Å². The maximum atomic E-state index is 2.42. The molecule has 0 N–H and O–H groups in total. The van der Waals surface area contributed by atoms with Crippen molar-refractivity contribution < 1.29 is 0 Å². The van der Waals surface area contributed by atoms with Gasteiger partial charge < -0.3 is 4.57 Å². The number of benzene rings is 8. The van der Waals surface area contributed by atoms with Crippen LogP contribution in [0.25, 0.3) is 82.8 Å². The minimum Gasteiger partial charge on any atom is -0.309 e. The van der Waals surface area contributed by atoms with Gasteiger partial charge in [0.1, 0.15) is 0 Å². The van der Waals surface area contributed by atoms with Gasteiger partial charge in [-0.3, -0.25) is 0 Å². The summed E-state index contributed by atoms with van der Waals surface area (Å²) in [5.74, 6) is 0. The topological polar surface area (TPSA) is 4.93 Å². The highest BCUT2D eigenvalue weighted by atomic mass is 15.0. The van der Waals surface area contributed by atoms with E-state index in [1.807, 2.05) is 0 Å². The summed E-state index contributed by atoms with van der Waals surface area (Å²) >= 11 is 0. The third kappa shape index (κ3) is 4.90. The monoisotopic (exact) mass is 597 g/mol. The van der Waals surface area contributed by atoms with Gasteiger partial charge in [0.15, 0.2) is 0 Å². The number of aromatic nitrogens is 1. The molecule has 9 aromatic rings. The van der Waals surface area contributed by atoms with Gasteiger partial charge >= 0.3 is 0 Å². The van der Waals surface area contributed by atoms with Gasteiger partial charge in [0, 0.05) is 16.5 Å². The van der Waals surface area contributed by atoms with E-state index in [1.165, 1.54) is 82.8 Å². The minimum atomic E-state index is 1.17. The van der Waals surface area contributed by atoms with Crippen LogP contribution in [0, 0.1) is 0 Å². The van der Waals surface area contributed by atoms with E-state index < -0.39 is 0 Å². The summed E-state index contributed by atoms with van der Waals surface area (Å²) in [6, 6.07) is 68.2. The lowest BCUT2D eigenvalue weighted by Gasteiger charge is -2.10. The molecule has 1 heterocycles. The fourth-order valence-corrected chi connectivity index (χ4v) is 6.95. The Labute approximate surface area is 274 Å². The maximum absolute atomic E-state index is 2.42. The van der Waals surface area contributed by atoms with Gasteiger partial charge in [0.25, 0.3) is 0 Å². The van der Waals surface area contributed by atoms with Crippen LogP contribution >= 0.6 is 0 Å². The van der Waals surface area contributed by atoms with Gasteiger partial charge in [-0.05, 0) is 91.7 Å². The molecular formula is C46H31N. The van der Waals surface area contributed by atoms with Gasteiger partial charge in [0.05, 0.1) is 11.0 Å². The molecule has 1 aromatic heterocycles. The summed E-state index contributed by atoms with van der Waals surface area (Å²) in [4.78, 5) is 0. The molecule has 220 valence electrons. The highest BCUT2D eigenvalue weighted by molar-refractivity contribution is 6.12. The van der Waals surface area contributed by atoms with E-state index in [0.29, 0.717) is 0 Å². The Hall–Kier alpha value is -6.18. The average molecular weight is 598 g/mol. The van der Waals surface area contributed by atoms with Gasteiger partial charge in [-0.25, -0.2) is 0 Å². The van der Waals surface area contributed by atoms with Crippen LogP contribution < -0.4 is 0 Å². The second-order valence-electron chi connectivity index (χ2n) is 12.2. The summed E-state index contributed by atoms with van der Waals surface area (Å²) in [7, 11) is 0. The predicted octanol–water partition coefficient (Wildman–Crippen LogP) is 12.6. The molecule has 0 aliphatic heterocycles. The summed E-state index contributed by atoms with van der Waals surface area (Å²) in [6.45, 7) is 0. The average Bonchev–Trinajstić information content (AvgIpc) is 3.48. The molecule has 1 nitrogen and oxygen atoms in total. The molecule has 9 rings (SSSR count). The van der Waals surface area contributed by atoms with Crippen molar-refractivity contribution in [3.05, 3.63) is 188 Å². The Balaban J connectivity index is 1.20. The molecule has 0 saturated carbocycles. The predicted molar refractivity (Wildman–Crippen MR) is 200 cm³/mol. The Morgan fingerprint density at radius 2 is 0.638 bits per heavy atom. The van der Waals surface area contributed by atoms with Crippen molar-refractivity contribution in [2.45, 2.75) is 0 Å². The maximum Gasteiger partial charge on any atom is 0.0541 e. The molecule has 0 aliphatic carbocycles. The van der Waals surface area contributed by atoms with Crippen molar-refractivity contribution in [1.82, 2.24) is 4.57 Å². The molecule has 8 aromatic carbocycles. The zero-order valence-corrected chi connectivity index (χ0v) is 25.8. The van der Waals surface area contributed by atoms with Gasteiger partial charge in [0.2, 0.25) is 0 Å². The number of fused-ring (bicyclic) bond motifs is 4. The van der Waals surface area contributed by atoms with E-state index in [0.717, 1.165) is 0 Å². The smallest absolute Gasteiger partial charge is 0.0541 e. The highest BCUT2D eigenvalue weighted by Gasteiger charge is 2.15. The molecule has 0 aliphatic rings. The molecule has 0 atom stereocenters. The van der Waals surface area contributed by atoms with Crippen molar-refractivity contribution in [2.24, 2.45) is 0 Å². The fourth-order valence-electron chi connectivity index (χ4n) is 6.95. The van der Waals surface area contributed by atoms with Crippen LogP contribution in [0.4, 0.5) is 0 Å². The van der Waals surface area contributed by atoms with Crippen molar-refractivity contribution >= 4 is 32.6 Å². The zero-order chi connectivity index (χ0) is 31.2. The van der Waals surface area contributed by atoms with Crippen LogP contribution in [0.15, 0.2) is 188 Å². The Morgan fingerprint density at radius 1 is 0.255 bits per heavy atom. The molecule has 0 radical (unpaired) electrons. The van der Waals surface area contributed by atoms with Crippen LogP contribution in [0.5, 0.6) is 0 Å². The van der Waals surface area contributed by atoms with E-state index in [2.05, 4.69) is 193 Å². The molecule has 0 spiro atoms. The van der Waals surface area contributed by atoms with E-state index in [1.54, 1.807) is 0 Å². The Bertz CT molecular complexity index is 2380. The third-order valence-corrected chi connectivity index (χ3v) is 9.41. The SMILES string of the molecule is c1ccc(-c2ccc(-c3ccc4c(c3)c3cc(-c5ccc(-c6ccccc6)cc5)ccc3n4-c3ccc4ccccc4c3)cc2)cc1. The highest BCUT2D eigenvalue weighted by Crippen LogP contribution is 2.38. The first-order valence-corrected chi connectivity index (χ1v) is 16.2. The van der Waals surface area contributed by atoms with Crippen molar-refractivity contribution in [3.63, 3.8) is 0 Å². The first kappa shape index (κ1) is 27.2. The fraction of sp³-hybridized carbons (Fsp3) is 0. The summed E-state index contributed by atoms with van der Waals surface area (Å²) in [5, 5.41) is 4.99. The lowest BCUT2D eigenvalue weighted by molar-refractivity contribution is 1.19. The van der Waals surface area contributed by atoms with E-state index in [4.69, 9.17) is 0 Å². The molecule has 0 saturated heterocycles. The lowest BCUT2D eigenvalue weighted by atomic mass is 9.97. The first-order valence-electron chi connectivity index (χ1n) is 16.2. The summed E-state index contributed by atoms with van der Waals surface area (Å²) in [5.41, 5.74) is 13.4. The number of hydrogen-bond donors (Lipinski definition) is 0. The number of hydrogen-bond acceptors (Lipinski definition) is 0. The molecule has 47 heavy (non-hydrogen) atoms. The quantitative estimate of drug-likeness (QED) is 0.186. The summed E-state index contributed by atoms with van der Waals surface area (Å²) in [6.07, 6.45) is 0. The minimum absolute atomic E-state index is 1.17. The Morgan fingerprint density at radius 3 is 1.13 bits per heavy atom. The normalized spacial score (nSPS) is 11.4. The van der Waals surface area contributed by atoms with Gasteiger partial charge in [-0.1, -0.05) is 152 Å². The summed E-state index contributed by atoms with van der Waals surface area (Å²) < 4.78 is 2.42. The molecule has 0 fully saturated rings. The zero-order valence-electron chi connectivity index (χ0n) is 25.8. The molecular weight excluding hydrogens is 567 g/mol. The van der Waals surface area contributed by atoms with Gasteiger partial charge in [-0.2, -0.15) is 0 Å². The third-order valence-electron chi connectivity index (χ3n) is 9.41. The first-order chi connectivity index (χ1) is 23.3. The second-order valence-corrected chi connectivity index (χ2v) is 12.2. The number of rotatable bonds is 5. The number of nitrogens with zero attached hydrogens (tertiary/aromatic N) is 1. The molecule has 0 amide bonds. The lowest BCUT2D eigenvalue weighted by Crippen LogP contribution is -1.94. The van der Waals surface area contributed by atoms with E-state index in [-0.39, 0.29) is 0 Å². The largest absolute Gasteiger partial charge is 0.309 e. The molecule has 1 heteroatoms.